The molecule has 0 bridgehead atoms. The van der Waals surface area contributed by atoms with Gasteiger partial charge < -0.3 is 33.8 Å². The summed E-state index contributed by atoms with van der Waals surface area (Å²) in [5.74, 6) is -1.49. The lowest BCUT2D eigenvalue weighted by atomic mass is 10.0. The first kappa shape index (κ1) is 75.1. The molecule has 0 aliphatic carbocycles. The van der Waals surface area contributed by atoms with E-state index in [4.69, 9.17) is 37.0 Å². The van der Waals surface area contributed by atoms with Gasteiger partial charge in [0, 0.05) is 25.7 Å². The first-order valence-electron chi connectivity index (χ1n) is 30.6. The zero-order valence-corrected chi connectivity index (χ0v) is 50.9. The second kappa shape index (κ2) is 52.2. The summed E-state index contributed by atoms with van der Waals surface area (Å²) in [5, 5.41) is 10.5. The predicted molar refractivity (Wildman–Crippen MR) is 303 cm³/mol. The van der Waals surface area contributed by atoms with E-state index < -0.39 is 97.5 Å². The van der Waals surface area contributed by atoms with Crippen LogP contribution in [-0.2, 0) is 65.4 Å². The van der Waals surface area contributed by atoms with Crippen LogP contribution in [0.1, 0.15) is 285 Å². The minimum Gasteiger partial charge on any atom is -0.462 e. The second-order valence-electron chi connectivity index (χ2n) is 21.5. The molecule has 0 amide bonds. The van der Waals surface area contributed by atoms with E-state index >= 15 is 0 Å². The van der Waals surface area contributed by atoms with Crippen LogP contribution in [0.25, 0.3) is 0 Å². The Morgan fingerprint density at radius 2 is 0.597 bits per heavy atom. The van der Waals surface area contributed by atoms with Gasteiger partial charge in [0.25, 0.3) is 0 Å². The van der Waals surface area contributed by atoms with Gasteiger partial charge in [0.2, 0.25) is 0 Å². The molecule has 17 nitrogen and oxygen atoms in total. The van der Waals surface area contributed by atoms with Gasteiger partial charge >= 0.3 is 39.5 Å². The number of unbranched alkanes of at least 4 members (excludes halogenated alkanes) is 30. The fourth-order valence-electron chi connectivity index (χ4n) is 8.52. The molecule has 0 rings (SSSR count). The lowest BCUT2D eigenvalue weighted by Gasteiger charge is -2.21. The Kier molecular flexibility index (Phi) is 50.8. The Hall–Kier alpha value is -1.94. The van der Waals surface area contributed by atoms with E-state index in [1.807, 2.05) is 0 Å². The van der Waals surface area contributed by atoms with E-state index in [0.29, 0.717) is 31.6 Å². The van der Waals surface area contributed by atoms with Crippen molar-refractivity contribution >= 4 is 39.5 Å². The number of hydrogen-bond acceptors (Lipinski definition) is 15. The van der Waals surface area contributed by atoms with Crippen LogP contribution in [0.5, 0.6) is 0 Å². The van der Waals surface area contributed by atoms with Crippen molar-refractivity contribution in [2.45, 2.75) is 303 Å². The van der Waals surface area contributed by atoms with E-state index in [9.17, 15) is 43.2 Å². The largest absolute Gasteiger partial charge is 0.472 e. The number of aliphatic hydroxyl groups excluding tert-OH is 1. The standard InChI is InChI=1S/C58H112O17P2/c1-6-9-12-15-17-19-21-23-25-27-33-38-43-57(62)74-54(48-69-56(61)42-37-32-26-24-22-20-18-16-13-10-7-2)50-73-77(66,67)71-46-52(59)45-70-76(64,65)72-49-53(47-68-55(60)41-36-30-14-11-8-3)75-58(63)44-39-34-29-28-31-35-40-51(4)5/h51-54,59H,6-50H2,1-5H3,(H,64,65)(H,66,67)/t52-,53+,54+/m0/s1. The quantitative estimate of drug-likeness (QED) is 0.0222. The molecule has 456 valence electrons. The van der Waals surface area contributed by atoms with Crippen LogP contribution < -0.4 is 0 Å². The Bertz CT molecular complexity index is 1520. The highest BCUT2D eigenvalue weighted by molar-refractivity contribution is 7.47. The maximum atomic E-state index is 12.9. The summed E-state index contributed by atoms with van der Waals surface area (Å²) >= 11 is 0. The number of carbonyl (C=O) groups excluding carboxylic acids is 4. The van der Waals surface area contributed by atoms with E-state index in [2.05, 4.69) is 34.6 Å². The molecule has 3 N–H and O–H groups in total. The molecule has 0 aliphatic rings. The van der Waals surface area contributed by atoms with Crippen molar-refractivity contribution in [1.82, 2.24) is 0 Å². The van der Waals surface area contributed by atoms with Crippen molar-refractivity contribution in [2.75, 3.05) is 39.6 Å². The van der Waals surface area contributed by atoms with Crippen molar-refractivity contribution in [3.05, 3.63) is 0 Å². The summed E-state index contributed by atoms with van der Waals surface area (Å²) in [4.78, 5) is 71.6. The van der Waals surface area contributed by atoms with Crippen LogP contribution in [0.4, 0.5) is 0 Å². The minimum atomic E-state index is -4.94. The Morgan fingerprint density at radius 3 is 0.883 bits per heavy atom. The monoisotopic (exact) mass is 1140 g/mol. The van der Waals surface area contributed by atoms with Crippen molar-refractivity contribution < 1.29 is 80.2 Å². The molecule has 5 atom stereocenters. The fourth-order valence-corrected chi connectivity index (χ4v) is 10.1. The van der Waals surface area contributed by atoms with Crippen LogP contribution in [0.3, 0.4) is 0 Å². The van der Waals surface area contributed by atoms with Gasteiger partial charge in [0.1, 0.15) is 19.3 Å². The SMILES string of the molecule is CCCCCCCCCCCCCCC(=O)O[C@H](COC(=O)CCCCCCCCCCCCC)COP(=O)(O)OC[C@@H](O)COP(=O)(O)OC[C@@H](COC(=O)CCCCCCC)OC(=O)CCCCCCCCC(C)C. The molecule has 0 aromatic carbocycles. The molecule has 0 aromatic rings. The summed E-state index contributed by atoms with van der Waals surface area (Å²) in [6.45, 7) is 6.96. The summed E-state index contributed by atoms with van der Waals surface area (Å²) < 4.78 is 67.5. The van der Waals surface area contributed by atoms with Crippen molar-refractivity contribution in [3.63, 3.8) is 0 Å². The average Bonchev–Trinajstić information content (AvgIpc) is 3.39. The molecule has 0 spiro atoms. The number of carbonyl (C=O) groups is 4. The van der Waals surface area contributed by atoms with Gasteiger partial charge in [0.05, 0.1) is 26.4 Å². The second-order valence-corrected chi connectivity index (χ2v) is 24.4. The molecule has 0 heterocycles. The summed E-state index contributed by atoms with van der Waals surface area (Å²) in [5.41, 5.74) is 0. The highest BCUT2D eigenvalue weighted by Crippen LogP contribution is 2.45. The van der Waals surface area contributed by atoms with Crippen molar-refractivity contribution in [3.8, 4) is 0 Å². The zero-order chi connectivity index (χ0) is 57.1. The topological polar surface area (TPSA) is 237 Å². The third-order valence-corrected chi connectivity index (χ3v) is 15.2. The van der Waals surface area contributed by atoms with E-state index in [-0.39, 0.29) is 25.7 Å². The van der Waals surface area contributed by atoms with Gasteiger partial charge in [0.15, 0.2) is 12.2 Å². The first-order chi connectivity index (χ1) is 37.0. The average molecular weight is 1140 g/mol. The van der Waals surface area contributed by atoms with Gasteiger partial charge in [-0.05, 0) is 31.6 Å². The molecule has 19 heteroatoms. The molecular weight excluding hydrogens is 1030 g/mol. The molecule has 0 saturated carbocycles. The number of rotatable bonds is 58. The number of aliphatic hydroxyl groups is 1. The number of esters is 4. The van der Waals surface area contributed by atoms with Gasteiger partial charge in [-0.1, -0.05) is 234 Å². The summed E-state index contributed by atoms with van der Waals surface area (Å²) in [7, 11) is -9.86. The predicted octanol–water partition coefficient (Wildman–Crippen LogP) is 15.5. The highest BCUT2D eigenvalue weighted by atomic mass is 31.2. The molecule has 0 aromatic heterocycles. The smallest absolute Gasteiger partial charge is 0.462 e. The van der Waals surface area contributed by atoms with E-state index in [1.54, 1.807) is 0 Å². The maximum absolute atomic E-state index is 12.9. The van der Waals surface area contributed by atoms with E-state index in [1.165, 1.54) is 103 Å². The van der Waals surface area contributed by atoms with Crippen LogP contribution in [0, 0.1) is 5.92 Å². The molecule has 0 radical (unpaired) electrons. The first-order valence-corrected chi connectivity index (χ1v) is 33.6. The van der Waals surface area contributed by atoms with Gasteiger partial charge in [-0.2, -0.15) is 0 Å². The Labute approximate surface area is 467 Å². The Balaban J connectivity index is 5.18. The zero-order valence-electron chi connectivity index (χ0n) is 49.1. The summed E-state index contributed by atoms with van der Waals surface area (Å²) in [6.07, 6.45) is 33.9. The number of phosphoric ester groups is 2. The maximum Gasteiger partial charge on any atom is 0.472 e. The third-order valence-electron chi connectivity index (χ3n) is 13.3. The molecule has 0 fully saturated rings. The molecular formula is C58H112O17P2. The lowest BCUT2D eigenvalue weighted by molar-refractivity contribution is -0.161. The van der Waals surface area contributed by atoms with Crippen LogP contribution in [-0.4, -0.2) is 96.7 Å². The van der Waals surface area contributed by atoms with Gasteiger partial charge in [-0.3, -0.25) is 37.3 Å². The van der Waals surface area contributed by atoms with Crippen LogP contribution in [0.15, 0.2) is 0 Å². The van der Waals surface area contributed by atoms with Crippen molar-refractivity contribution in [2.24, 2.45) is 5.92 Å². The third kappa shape index (κ3) is 53.2. The van der Waals surface area contributed by atoms with Crippen molar-refractivity contribution in [1.29, 1.82) is 0 Å². The van der Waals surface area contributed by atoms with Crippen LogP contribution >= 0.6 is 15.6 Å². The van der Waals surface area contributed by atoms with Gasteiger partial charge in [-0.25, -0.2) is 9.13 Å². The van der Waals surface area contributed by atoms with Crippen LogP contribution in [0.2, 0.25) is 0 Å². The number of hydrogen-bond donors (Lipinski definition) is 3. The van der Waals surface area contributed by atoms with Gasteiger partial charge in [-0.15, -0.1) is 0 Å². The minimum absolute atomic E-state index is 0.101. The summed E-state index contributed by atoms with van der Waals surface area (Å²) in [6, 6.07) is 0. The van der Waals surface area contributed by atoms with E-state index in [0.717, 1.165) is 96.3 Å². The normalized spacial score (nSPS) is 14.4. The molecule has 0 aliphatic heterocycles. The molecule has 0 saturated heterocycles. The lowest BCUT2D eigenvalue weighted by Crippen LogP contribution is -2.30. The fraction of sp³-hybridized carbons (Fsp3) is 0.931. The highest BCUT2D eigenvalue weighted by Gasteiger charge is 2.30. The number of phosphoric acid groups is 2. The number of ether oxygens (including phenoxy) is 4. The molecule has 77 heavy (non-hydrogen) atoms. The molecule has 2 unspecified atom stereocenters. The Morgan fingerprint density at radius 1 is 0.351 bits per heavy atom.